The zero-order chi connectivity index (χ0) is 9.97. The van der Waals surface area contributed by atoms with Crippen molar-refractivity contribution in [1.82, 2.24) is 9.78 Å². The van der Waals surface area contributed by atoms with Gasteiger partial charge in [-0.25, -0.2) is 0 Å². The first-order valence-electron chi connectivity index (χ1n) is 5.02. The minimum Gasteiger partial charge on any atom is -0.388 e. The lowest BCUT2D eigenvalue weighted by Crippen LogP contribution is -2.23. The third-order valence-corrected chi connectivity index (χ3v) is 2.71. The summed E-state index contributed by atoms with van der Waals surface area (Å²) in [6.07, 6.45) is 5.24. The van der Waals surface area contributed by atoms with Gasteiger partial charge in [0.2, 0.25) is 0 Å². The molecule has 78 valence electrons. The number of aromatic nitrogens is 2. The van der Waals surface area contributed by atoms with Crippen molar-refractivity contribution in [3.05, 3.63) is 18.0 Å². The van der Waals surface area contributed by atoms with Crippen LogP contribution >= 0.6 is 0 Å². The topological polar surface area (TPSA) is 47.3 Å². The van der Waals surface area contributed by atoms with Crippen LogP contribution in [0.1, 0.15) is 24.5 Å². The summed E-state index contributed by atoms with van der Waals surface area (Å²) in [5, 5.41) is 14.1. The zero-order valence-corrected chi connectivity index (χ0v) is 8.39. The second-order valence-electron chi connectivity index (χ2n) is 3.87. The fraction of sp³-hybridized carbons (Fsp3) is 0.700. The van der Waals surface area contributed by atoms with Gasteiger partial charge < -0.3 is 9.84 Å². The molecule has 14 heavy (non-hydrogen) atoms. The van der Waals surface area contributed by atoms with Gasteiger partial charge in [0.1, 0.15) is 0 Å². The SMILES string of the molecule is Cn1cc(C(O)C2CCCOC2)cn1. The molecule has 0 bridgehead atoms. The van der Waals surface area contributed by atoms with Crippen LogP contribution in [0.5, 0.6) is 0 Å². The Morgan fingerprint density at radius 3 is 3.14 bits per heavy atom. The number of hydrogen-bond acceptors (Lipinski definition) is 3. The molecule has 1 saturated heterocycles. The van der Waals surface area contributed by atoms with Crippen molar-refractivity contribution < 1.29 is 9.84 Å². The highest BCUT2D eigenvalue weighted by molar-refractivity contribution is 5.09. The molecule has 0 aliphatic carbocycles. The molecule has 0 aromatic carbocycles. The predicted octanol–water partition coefficient (Wildman–Crippen LogP) is 0.880. The summed E-state index contributed by atoms with van der Waals surface area (Å²) in [6, 6.07) is 0. The molecule has 0 saturated carbocycles. The van der Waals surface area contributed by atoms with E-state index in [-0.39, 0.29) is 5.92 Å². The van der Waals surface area contributed by atoms with Crippen molar-refractivity contribution >= 4 is 0 Å². The van der Waals surface area contributed by atoms with Crippen LogP contribution in [0.25, 0.3) is 0 Å². The molecule has 4 nitrogen and oxygen atoms in total. The summed E-state index contributed by atoms with van der Waals surface area (Å²) in [6.45, 7) is 1.49. The highest BCUT2D eigenvalue weighted by atomic mass is 16.5. The molecule has 1 fully saturated rings. The first kappa shape index (κ1) is 9.68. The number of hydrogen-bond donors (Lipinski definition) is 1. The van der Waals surface area contributed by atoms with E-state index in [4.69, 9.17) is 4.74 Å². The van der Waals surface area contributed by atoms with Gasteiger partial charge >= 0.3 is 0 Å². The Labute approximate surface area is 83.5 Å². The smallest absolute Gasteiger partial charge is 0.0870 e. The van der Waals surface area contributed by atoms with Gasteiger partial charge in [-0.1, -0.05) is 0 Å². The Hall–Kier alpha value is -0.870. The summed E-state index contributed by atoms with van der Waals surface area (Å²) in [4.78, 5) is 0. The molecular weight excluding hydrogens is 180 g/mol. The molecule has 4 heteroatoms. The van der Waals surface area contributed by atoms with E-state index < -0.39 is 6.10 Å². The summed E-state index contributed by atoms with van der Waals surface area (Å²) < 4.78 is 7.05. The largest absolute Gasteiger partial charge is 0.388 e. The normalized spacial score (nSPS) is 24.9. The number of aliphatic hydroxyl groups excluding tert-OH is 1. The number of aliphatic hydroxyl groups is 1. The lowest BCUT2D eigenvalue weighted by molar-refractivity contribution is -0.00998. The number of aryl methyl sites for hydroxylation is 1. The van der Waals surface area contributed by atoms with Crippen molar-refractivity contribution in [2.24, 2.45) is 13.0 Å². The zero-order valence-electron chi connectivity index (χ0n) is 8.39. The first-order valence-corrected chi connectivity index (χ1v) is 5.02. The third-order valence-electron chi connectivity index (χ3n) is 2.71. The molecule has 1 aliphatic heterocycles. The van der Waals surface area contributed by atoms with E-state index in [0.29, 0.717) is 6.61 Å². The van der Waals surface area contributed by atoms with Crippen LogP contribution in [0.15, 0.2) is 12.4 Å². The van der Waals surface area contributed by atoms with Gasteiger partial charge in [-0.3, -0.25) is 4.68 Å². The summed E-state index contributed by atoms with van der Waals surface area (Å²) >= 11 is 0. The van der Waals surface area contributed by atoms with E-state index in [1.54, 1.807) is 10.9 Å². The Bertz CT molecular complexity index is 292. The van der Waals surface area contributed by atoms with Crippen LogP contribution in [0.2, 0.25) is 0 Å². The second kappa shape index (κ2) is 4.11. The molecule has 2 atom stereocenters. The van der Waals surface area contributed by atoms with Crippen molar-refractivity contribution in [3.8, 4) is 0 Å². The van der Waals surface area contributed by atoms with Crippen molar-refractivity contribution in [2.45, 2.75) is 18.9 Å². The van der Waals surface area contributed by atoms with Crippen LogP contribution in [0, 0.1) is 5.92 Å². The van der Waals surface area contributed by atoms with E-state index in [1.807, 2.05) is 13.2 Å². The molecule has 1 aromatic rings. The maximum Gasteiger partial charge on any atom is 0.0870 e. The first-order chi connectivity index (χ1) is 6.77. The molecule has 1 N–H and O–H groups in total. The van der Waals surface area contributed by atoms with E-state index in [0.717, 1.165) is 25.0 Å². The lowest BCUT2D eigenvalue weighted by Gasteiger charge is -2.25. The summed E-state index contributed by atoms with van der Waals surface area (Å²) in [5.74, 6) is 0.230. The predicted molar refractivity (Wildman–Crippen MR) is 51.7 cm³/mol. The maximum atomic E-state index is 10.0. The molecule has 0 spiro atoms. The van der Waals surface area contributed by atoms with Crippen molar-refractivity contribution in [1.29, 1.82) is 0 Å². The van der Waals surface area contributed by atoms with Gasteiger partial charge in [0, 0.05) is 31.3 Å². The monoisotopic (exact) mass is 196 g/mol. The van der Waals surface area contributed by atoms with E-state index in [9.17, 15) is 5.11 Å². The summed E-state index contributed by atoms with van der Waals surface area (Å²) in [7, 11) is 1.85. The van der Waals surface area contributed by atoms with Gasteiger partial charge in [-0.2, -0.15) is 5.10 Å². The Balaban J connectivity index is 2.03. The highest BCUT2D eigenvalue weighted by Gasteiger charge is 2.24. The van der Waals surface area contributed by atoms with E-state index in [1.165, 1.54) is 0 Å². The van der Waals surface area contributed by atoms with E-state index in [2.05, 4.69) is 5.10 Å². The van der Waals surface area contributed by atoms with Crippen molar-refractivity contribution in [2.75, 3.05) is 13.2 Å². The Morgan fingerprint density at radius 1 is 1.71 bits per heavy atom. The van der Waals surface area contributed by atoms with Crippen LogP contribution < -0.4 is 0 Å². The average Bonchev–Trinajstić information content (AvgIpc) is 2.65. The molecular formula is C10H16N2O2. The molecule has 1 aliphatic rings. The van der Waals surface area contributed by atoms with Gasteiger partial charge in [-0.05, 0) is 12.8 Å². The quantitative estimate of drug-likeness (QED) is 0.763. The van der Waals surface area contributed by atoms with Crippen LogP contribution in [0.3, 0.4) is 0 Å². The van der Waals surface area contributed by atoms with E-state index >= 15 is 0 Å². The molecule has 2 heterocycles. The van der Waals surface area contributed by atoms with Gasteiger partial charge in [0.25, 0.3) is 0 Å². The summed E-state index contributed by atoms with van der Waals surface area (Å²) in [5.41, 5.74) is 0.892. The Morgan fingerprint density at radius 2 is 2.57 bits per heavy atom. The van der Waals surface area contributed by atoms with Crippen molar-refractivity contribution in [3.63, 3.8) is 0 Å². The van der Waals surface area contributed by atoms with Gasteiger partial charge in [-0.15, -0.1) is 0 Å². The molecule has 2 unspecified atom stereocenters. The second-order valence-corrected chi connectivity index (χ2v) is 3.87. The van der Waals surface area contributed by atoms with Crippen LogP contribution in [0.4, 0.5) is 0 Å². The number of rotatable bonds is 2. The Kier molecular flexibility index (Phi) is 2.84. The number of nitrogens with zero attached hydrogens (tertiary/aromatic N) is 2. The minimum atomic E-state index is -0.427. The third kappa shape index (κ3) is 1.96. The standard InChI is InChI=1S/C10H16N2O2/c1-12-6-9(5-11-12)10(13)8-3-2-4-14-7-8/h5-6,8,10,13H,2-4,7H2,1H3. The molecule has 0 amide bonds. The molecule has 1 aromatic heterocycles. The fourth-order valence-corrected chi connectivity index (χ4v) is 1.88. The highest BCUT2D eigenvalue weighted by Crippen LogP contribution is 2.27. The van der Waals surface area contributed by atoms with Crippen LogP contribution in [-0.2, 0) is 11.8 Å². The van der Waals surface area contributed by atoms with Gasteiger partial charge in [0.15, 0.2) is 0 Å². The molecule has 0 radical (unpaired) electrons. The maximum absolute atomic E-state index is 10.0. The average molecular weight is 196 g/mol. The number of ether oxygens (including phenoxy) is 1. The minimum absolute atomic E-state index is 0.230. The fourth-order valence-electron chi connectivity index (χ4n) is 1.88. The lowest BCUT2D eigenvalue weighted by atomic mass is 9.93. The van der Waals surface area contributed by atoms with Gasteiger partial charge in [0.05, 0.1) is 18.9 Å². The molecule has 2 rings (SSSR count). The van der Waals surface area contributed by atoms with Crippen LogP contribution in [-0.4, -0.2) is 28.1 Å².